The van der Waals surface area contributed by atoms with Crippen LogP contribution in [0.1, 0.15) is 39.0 Å². The third kappa shape index (κ3) is 5.61. The molecule has 116 valence electrons. The Labute approximate surface area is 125 Å². The first-order chi connectivity index (χ1) is 9.58. The average Bonchev–Trinajstić information content (AvgIpc) is 2.44. The van der Waals surface area contributed by atoms with Gasteiger partial charge in [-0.3, -0.25) is 4.79 Å². The lowest BCUT2D eigenvalue weighted by atomic mass is 9.79. The van der Waals surface area contributed by atoms with Gasteiger partial charge in [-0.1, -0.05) is 19.8 Å². The Hall–Kier alpha value is -0.910. The molecule has 0 aromatic heterocycles. The van der Waals surface area contributed by atoms with Crippen LogP contribution in [0.2, 0.25) is 0 Å². The van der Waals surface area contributed by atoms with Gasteiger partial charge < -0.3 is 15.7 Å². The highest BCUT2D eigenvalue weighted by atomic mass is 32.2. The molecule has 0 aromatic rings. The van der Waals surface area contributed by atoms with E-state index in [-0.39, 0.29) is 23.9 Å². The van der Waals surface area contributed by atoms with Gasteiger partial charge in [-0.15, -0.1) is 0 Å². The van der Waals surface area contributed by atoms with Crippen LogP contribution in [0.5, 0.6) is 0 Å². The van der Waals surface area contributed by atoms with Crippen molar-refractivity contribution >= 4 is 23.8 Å². The molecular weight excluding hydrogens is 276 g/mol. The number of hydrogen-bond donors (Lipinski definition) is 3. The minimum atomic E-state index is -0.731. The predicted molar refractivity (Wildman–Crippen MR) is 82.1 cm³/mol. The van der Waals surface area contributed by atoms with Crippen molar-refractivity contribution in [1.29, 1.82) is 0 Å². The zero-order valence-electron chi connectivity index (χ0n) is 12.4. The van der Waals surface area contributed by atoms with E-state index in [2.05, 4.69) is 10.6 Å². The molecule has 2 amide bonds. The number of carbonyl (C=O) groups is 2. The largest absolute Gasteiger partial charge is 0.481 e. The number of hydrogen-bond acceptors (Lipinski definition) is 3. The molecule has 1 saturated carbocycles. The normalized spacial score (nSPS) is 23.9. The summed E-state index contributed by atoms with van der Waals surface area (Å²) < 4.78 is 0. The molecule has 0 heterocycles. The van der Waals surface area contributed by atoms with E-state index in [9.17, 15) is 14.7 Å². The van der Waals surface area contributed by atoms with Crippen LogP contribution in [0.4, 0.5) is 4.79 Å². The molecule has 1 rings (SSSR count). The molecule has 0 spiro atoms. The summed E-state index contributed by atoms with van der Waals surface area (Å²) in [7, 11) is 0. The molecule has 1 aliphatic rings. The third-order valence-corrected chi connectivity index (χ3v) is 4.68. The van der Waals surface area contributed by atoms with Crippen LogP contribution in [-0.4, -0.2) is 41.7 Å². The summed E-state index contributed by atoms with van der Waals surface area (Å²) in [4.78, 5) is 23.0. The number of urea groups is 1. The van der Waals surface area contributed by atoms with Gasteiger partial charge in [0.25, 0.3) is 0 Å². The molecular formula is C14H26N2O3S. The van der Waals surface area contributed by atoms with Crippen molar-refractivity contribution in [1.82, 2.24) is 10.6 Å². The summed E-state index contributed by atoms with van der Waals surface area (Å²) in [6.45, 7) is 2.50. The van der Waals surface area contributed by atoms with E-state index in [0.29, 0.717) is 6.54 Å². The zero-order valence-corrected chi connectivity index (χ0v) is 13.2. The second-order valence-electron chi connectivity index (χ2n) is 5.40. The van der Waals surface area contributed by atoms with Crippen LogP contribution < -0.4 is 10.6 Å². The average molecular weight is 302 g/mol. The van der Waals surface area contributed by atoms with E-state index in [4.69, 9.17) is 0 Å². The minimum absolute atomic E-state index is 0.0626. The lowest BCUT2D eigenvalue weighted by molar-refractivity contribution is -0.144. The lowest BCUT2D eigenvalue weighted by Crippen LogP contribution is -2.46. The summed E-state index contributed by atoms with van der Waals surface area (Å²) in [5, 5.41) is 15.0. The van der Waals surface area contributed by atoms with Crippen molar-refractivity contribution < 1.29 is 14.7 Å². The highest BCUT2D eigenvalue weighted by Gasteiger charge is 2.30. The van der Waals surface area contributed by atoms with E-state index in [1.54, 1.807) is 11.8 Å². The van der Waals surface area contributed by atoms with Gasteiger partial charge in [0, 0.05) is 18.3 Å². The Morgan fingerprint density at radius 1 is 1.35 bits per heavy atom. The first-order valence-corrected chi connectivity index (χ1v) is 8.74. The van der Waals surface area contributed by atoms with Crippen molar-refractivity contribution in [3.8, 4) is 0 Å². The van der Waals surface area contributed by atoms with Crippen LogP contribution in [0.3, 0.4) is 0 Å². The van der Waals surface area contributed by atoms with Gasteiger partial charge in [0.05, 0.1) is 5.92 Å². The topological polar surface area (TPSA) is 78.4 Å². The van der Waals surface area contributed by atoms with Gasteiger partial charge in [-0.25, -0.2) is 4.79 Å². The van der Waals surface area contributed by atoms with Gasteiger partial charge in [-0.05, 0) is 31.4 Å². The molecule has 0 aliphatic heterocycles. The van der Waals surface area contributed by atoms with Gasteiger partial charge in [-0.2, -0.15) is 11.8 Å². The van der Waals surface area contributed by atoms with Crippen LogP contribution in [0.25, 0.3) is 0 Å². The molecule has 20 heavy (non-hydrogen) atoms. The van der Waals surface area contributed by atoms with Crippen LogP contribution in [0.15, 0.2) is 0 Å². The van der Waals surface area contributed by atoms with E-state index in [1.165, 1.54) is 0 Å². The maximum absolute atomic E-state index is 11.8. The third-order valence-electron chi connectivity index (χ3n) is 3.95. The second-order valence-corrected chi connectivity index (χ2v) is 6.31. The van der Waals surface area contributed by atoms with Gasteiger partial charge in [0.1, 0.15) is 0 Å². The van der Waals surface area contributed by atoms with E-state index in [0.717, 1.165) is 37.9 Å². The number of carboxylic acids is 1. The molecule has 3 N–H and O–H groups in total. The fraction of sp³-hybridized carbons (Fsp3) is 0.857. The van der Waals surface area contributed by atoms with Crippen LogP contribution in [-0.2, 0) is 4.79 Å². The van der Waals surface area contributed by atoms with E-state index >= 15 is 0 Å². The predicted octanol–water partition coefficient (Wildman–Crippen LogP) is 2.32. The molecule has 3 atom stereocenters. The number of carboxylic acid groups (broad SMARTS) is 1. The van der Waals surface area contributed by atoms with Crippen LogP contribution >= 0.6 is 11.8 Å². The fourth-order valence-electron chi connectivity index (χ4n) is 2.70. The first kappa shape index (κ1) is 17.1. The summed E-state index contributed by atoms with van der Waals surface area (Å²) >= 11 is 1.71. The minimum Gasteiger partial charge on any atom is -0.481 e. The van der Waals surface area contributed by atoms with Crippen molar-refractivity contribution in [3.63, 3.8) is 0 Å². The number of carbonyl (C=O) groups excluding carboxylic acids is 1. The van der Waals surface area contributed by atoms with Gasteiger partial charge >= 0.3 is 12.0 Å². The quantitative estimate of drug-likeness (QED) is 0.674. The van der Waals surface area contributed by atoms with E-state index in [1.807, 2.05) is 13.2 Å². The van der Waals surface area contributed by atoms with Crippen molar-refractivity contribution in [3.05, 3.63) is 0 Å². The molecule has 1 aliphatic carbocycles. The number of thioether (sulfide) groups is 1. The molecule has 5 nitrogen and oxygen atoms in total. The first-order valence-electron chi connectivity index (χ1n) is 7.34. The molecule has 0 bridgehead atoms. The Morgan fingerprint density at radius 3 is 2.65 bits per heavy atom. The summed E-state index contributed by atoms with van der Waals surface area (Å²) in [6.07, 6.45) is 6.57. The lowest BCUT2D eigenvalue weighted by Gasteiger charge is -2.28. The molecule has 0 saturated heterocycles. The molecule has 6 heteroatoms. The van der Waals surface area contributed by atoms with Crippen molar-refractivity contribution in [2.24, 2.45) is 11.8 Å². The van der Waals surface area contributed by atoms with Gasteiger partial charge in [0.15, 0.2) is 0 Å². The number of amides is 2. The molecule has 1 fully saturated rings. The summed E-state index contributed by atoms with van der Waals surface area (Å²) in [5.74, 6) is -0.0824. The second kappa shape index (κ2) is 9.10. The number of rotatable bonds is 7. The Balaban J connectivity index is 2.36. The molecule has 0 aromatic carbocycles. The number of nitrogens with one attached hydrogen (secondary N) is 2. The van der Waals surface area contributed by atoms with Crippen molar-refractivity contribution in [2.45, 2.75) is 45.1 Å². The highest BCUT2D eigenvalue weighted by Crippen LogP contribution is 2.29. The maximum atomic E-state index is 11.8. The zero-order chi connectivity index (χ0) is 15.0. The van der Waals surface area contributed by atoms with Gasteiger partial charge in [0.2, 0.25) is 0 Å². The highest BCUT2D eigenvalue weighted by molar-refractivity contribution is 7.98. The van der Waals surface area contributed by atoms with Crippen molar-refractivity contribution in [2.75, 3.05) is 18.6 Å². The smallest absolute Gasteiger partial charge is 0.315 e. The standard InChI is InChI=1S/C14H26N2O3S/c1-3-11(9-20-2)16-14(19)15-8-10-6-4-5-7-12(10)13(17)18/h10-12H,3-9H2,1-2H3,(H,17,18)(H2,15,16,19). The summed E-state index contributed by atoms with van der Waals surface area (Å²) in [5.41, 5.74) is 0. The molecule has 3 unspecified atom stereocenters. The Bertz CT molecular complexity index is 326. The fourth-order valence-corrected chi connectivity index (χ4v) is 3.42. The molecule has 0 radical (unpaired) electrons. The monoisotopic (exact) mass is 302 g/mol. The maximum Gasteiger partial charge on any atom is 0.315 e. The SMILES string of the molecule is CCC(CSC)NC(=O)NCC1CCCCC1C(=O)O. The number of aliphatic carboxylic acids is 1. The summed E-state index contributed by atoms with van der Waals surface area (Å²) in [6, 6.07) is -0.00719. The van der Waals surface area contributed by atoms with E-state index < -0.39 is 5.97 Å². The Kier molecular flexibility index (Phi) is 7.80. The Morgan fingerprint density at radius 2 is 2.05 bits per heavy atom. The van der Waals surface area contributed by atoms with Crippen LogP contribution in [0, 0.1) is 11.8 Å².